The Labute approximate surface area is 207 Å². The maximum absolute atomic E-state index is 14.1. The number of nitrogens with one attached hydrogen (secondary N) is 1. The number of aromatic hydroxyl groups is 2. The van der Waals surface area contributed by atoms with Crippen LogP contribution in [0, 0.1) is 11.7 Å². The smallest absolute Gasteiger partial charge is 0.198 e. The van der Waals surface area contributed by atoms with Gasteiger partial charge in [0.25, 0.3) is 0 Å². The van der Waals surface area contributed by atoms with Crippen LogP contribution in [0.3, 0.4) is 0 Å². The Morgan fingerprint density at radius 1 is 0.971 bits per heavy atom. The minimum atomic E-state index is -0.227. The number of benzene rings is 1. The van der Waals surface area contributed by atoms with E-state index in [4.69, 9.17) is 4.74 Å². The Balaban J connectivity index is 1.09. The van der Waals surface area contributed by atoms with Crippen LogP contribution in [0.2, 0.25) is 0 Å². The zero-order chi connectivity index (χ0) is 24.2. The summed E-state index contributed by atoms with van der Waals surface area (Å²) in [6, 6.07) is 6.54. The van der Waals surface area contributed by atoms with Gasteiger partial charge in [-0.1, -0.05) is 0 Å². The fourth-order valence-electron chi connectivity index (χ4n) is 5.35. The second-order valence-corrected chi connectivity index (χ2v) is 10.4. The Morgan fingerprint density at radius 2 is 1.74 bits per heavy atom. The minimum Gasteiger partial charge on any atom is -0.494 e. The first-order valence-electron chi connectivity index (χ1n) is 13.3. The lowest BCUT2D eigenvalue weighted by atomic mass is 10.2. The average molecular weight is 487 g/mol. The van der Waals surface area contributed by atoms with Gasteiger partial charge in [-0.3, -0.25) is 9.47 Å². The van der Waals surface area contributed by atoms with E-state index >= 15 is 0 Å². The van der Waals surface area contributed by atoms with Crippen LogP contribution in [0.25, 0.3) is 0 Å². The monoisotopic (exact) mass is 486 g/mol. The van der Waals surface area contributed by atoms with Gasteiger partial charge in [0.05, 0.1) is 11.8 Å². The molecule has 2 saturated carbocycles. The summed E-state index contributed by atoms with van der Waals surface area (Å²) in [4.78, 5) is 4.62. The van der Waals surface area contributed by atoms with Crippen molar-refractivity contribution in [3.05, 3.63) is 35.6 Å². The van der Waals surface area contributed by atoms with Gasteiger partial charge in [-0.25, -0.2) is 4.39 Å². The summed E-state index contributed by atoms with van der Waals surface area (Å²) in [5, 5.41) is 24.2. The molecule has 3 fully saturated rings. The molecule has 1 aromatic heterocycles. The highest BCUT2D eigenvalue weighted by Gasteiger charge is 2.24. The van der Waals surface area contributed by atoms with E-state index in [0.29, 0.717) is 13.1 Å². The number of halogens is 1. The lowest BCUT2D eigenvalue weighted by Gasteiger charge is -2.37. The molecule has 192 valence electrons. The van der Waals surface area contributed by atoms with Gasteiger partial charge in [0.15, 0.2) is 11.8 Å². The number of aromatic nitrogens is 1. The zero-order valence-corrected chi connectivity index (χ0v) is 20.6. The first-order valence-corrected chi connectivity index (χ1v) is 13.3. The average Bonchev–Trinajstić information content (AvgIpc) is 3.46. The van der Waals surface area contributed by atoms with Gasteiger partial charge in [0, 0.05) is 57.0 Å². The molecule has 35 heavy (non-hydrogen) atoms. The lowest BCUT2D eigenvalue weighted by molar-refractivity contribution is 0.208. The van der Waals surface area contributed by atoms with Crippen molar-refractivity contribution in [3.8, 4) is 17.5 Å². The van der Waals surface area contributed by atoms with E-state index in [1.807, 2.05) is 0 Å². The third-order valence-corrected chi connectivity index (χ3v) is 7.65. The predicted octanol–water partition coefficient (Wildman–Crippen LogP) is 4.07. The van der Waals surface area contributed by atoms with Crippen molar-refractivity contribution in [3.63, 3.8) is 0 Å². The first kappa shape index (κ1) is 24.3. The maximum atomic E-state index is 14.1. The highest BCUT2D eigenvalue weighted by atomic mass is 19.1. The van der Waals surface area contributed by atoms with Gasteiger partial charge in [0.1, 0.15) is 11.6 Å². The fraction of sp³-hybridized carbons (Fsp3) is 0.630. The minimum absolute atomic E-state index is 0.122. The summed E-state index contributed by atoms with van der Waals surface area (Å²) in [5.41, 5.74) is 1.61. The summed E-state index contributed by atoms with van der Waals surface area (Å²) in [6.07, 6.45) is 8.23. The van der Waals surface area contributed by atoms with Gasteiger partial charge in [-0.05, 0) is 76.1 Å². The fourth-order valence-corrected chi connectivity index (χ4v) is 5.35. The second-order valence-electron chi connectivity index (χ2n) is 10.4. The molecule has 2 aromatic rings. The molecule has 2 aliphatic carbocycles. The van der Waals surface area contributed by atoms with Crippen molar-refractivity contribution in [2.45, 2.75) is 64.1 Å². The summed E-state index contributed by atoms with van der Waals surface area (Å²) >= 11 is 0. The zero-order valence-electron chi connectivity index (χ0n) is 20.6. The van der Waals surface area contributed by atoms with Crippen molar-refractivity contribution in [2.75, 3.05) is 44.2 Å². The first-order chi connectivity index (χ1) is 17.1. The molecule has 1 aromatic carbocycles. The van der Waals surface area contributed by atoms with E-state index in [-0.39, 0.29) is 23.7 Å². The molecule has 0 unspecified atom stereocenters. The quantitative estimate of drug-likeness (QED) is 0.445. The molecule has 0 amide bonds. The summed E-state index contributed by atoms with van der Waals surface area (Å²) in [5.74, 6) is 1.64. The van der Waals surface area contributed by atoms with E-state index in [0.717, 1.165) is 81.4 Å². The van der Waals surface area contributed by atoms with Crippen LogP contribution in [0.4, 0.5) is 10.1 Å². The third-order valence-electron chi connectivity index (χ3n) is 7.65. The number of ether oxygens (including phenoxy) is 1. The van der Waals surface area contributed by atoms with Crippen molar-refractivity contribution in [1.82, 2.24) is 14.8 Å². The molecule has 5 rings (SSSR count). The second kappa shape index (κ2) is 11.1. The maximum Gasteiger partial charge on any atom is 0.198 e. The third kappa shape index (κ3) is 6.22. The van der Waals surface area contributed by atoms with Crippen molar-refractivity contribution < 1.29 is 19.3 Å². The van der Waals surface area contributed by atoms with E-state index < -0.39 is 0 Å². The van der Waals surface area contributed by atoms with Crippen LogP contribution in [0.5, 0.6) is 17.5 Å². The molecular formula is C27H39FN4O3. The topological polar surface area (TPSA) is 73.1 Å². The standard InChI is InChI=1S/C27H39FN4O3/c28-22-8-9-25(35-23-4-1-2-5-23)24(17-22)31-14-12-30(13-15-31)10-3-11-32-26(33)16-21(27(32)34)19-29-18-20-6-7-20/h8-9,16-17,20,23,29,33-34H,1-7,10-15,18-19H2. The summed E-state index contributed by atoms with van der Waals surface area (Å²) in [6.45, 7) is 6.43. The molecule has 3 N–H and O–H groups in total. The molecule has 0 bridgehead atoms. The molecule has 0 spiro atoms. The summed E-state index contributed by atoms with van der Waals surface area (Å²) < 4.78 is 21.9. The lowest BCUT2D eigenvalue weighted by Crippen LogP contribution is -2.47. The largest absolute Gasteiger partial charge is 0.494 e. The highest BCUT2D eigenvalue weighted by molar-refractivity contribution is 5.59. The van der Waals surface area contributed by atoms with Crippen LogP contribution >= 0.6 is 0 Å². The Morgan fingerprint density at radius 3 is 2.49 bits per heavy atom. The molecule has 7 nitrogen and oxygen atoms in total. The van der Waals surface area contributed by atoms with E-state index in [9.17, 15) is 14.6 Å². The SMILES string of the molecule is Oc1cc(CNCC2CC2)c(O)n1CCCN1CCN(c2cc(F)ccc2OC2CCCC2)CC1. The van der Waals surface area contributed by atoms with Crippen LogP contribution in [-0.4, -0.2) is 65.1 Å². The van der Waals surface area contributed by atoms with Crippen molar-refractivity contribution in [1.29, 1.82) is 0 Å². The predicted molar refractivity (Wildman–Crippen MR) is 135 cm³/mol. The van der Waals surface area contributed by atoms with Gasteiger partial charge < -0.3 is 25.2 Å². The normalized spacial score (nSPS) is 19.5. The van der Waals surface area contributed by atoms with E-state index in [1.165, 1.54) is 31.7 Å². The molecule has 2 heterocycles. The Kier molecular flexibility index (Phi) is 7.68. The number of anilines is 1. The van der Waals surface area contributed by atoms with Gasteiger partial charge in [-0.2, -0.15) is 0 Å². The van der Waals surface area contributed by atoms with Gasteiger partial charge in [0.2, 0.25) is 0 Å². The Hall–Kier alpha value is -2.45. The molecule has 8 heteroatoms. The van der Waals surface area contributed by atoms with Crippen molar-refractivity contribution in [2.24, 2.45) is 5.92 Å². The number of hydrogen-bond donors (Lipinski definition) is 3. The van der Waals surface area contributed by atoms with E-state index in [1.54, 1.807) is 22.8 Å². The Bertz CT molecular complexity index is 979. The van der Waals surface area contributed by atoms with E-state index in [2.05, 4.69) is 15.1 Å². The van der Waals surface area contributed by atoms with Gasteiger partial charge in [-0.15, -0.1) is 0 Å². The number of piperazine rings is 1. The molecule has 0 atom stereocenters. The molecule has 3 aliphatic rings. The van der Waals surface area contributed by atoms with Crippen LogP contribution in [0.15, 0.2) is 24.3 Å². The molecule has 1 aliphatic heterocycles. The van der Waals surface area contributed by atoms with Crippen molar-refractivity contribution >= 4 is 5.69 Å². The number of hydrogen-bond acceptors (Lipinski definition) is 6. The molecule has 0 radical (unpaired) electrons. The highest BCUT2D eigenvalue weighted by Crippen LogP contribution is 2.34. The molecular weight excluding hydrogens is 447 g/mol. The number of nitrogens with zero attached hydrogens (tertiary/aromatic N) is 3. The molecule has 1 saturated heterocycles. The summed E-state index contributed by atoms with van der Waals surface area (Å²) in [7, 11) is 0. The number of rotatable bonds is 11. The van der Waals surface area contributed by atoms with Crippen LogP contribution in [0.1, 0.15) is 50.5 Å². The van der Waals surface area contributed by atoms with Gasteiger partial charge >= 0.3 is 0 Å². The van der Waals surface area contributed by atoms with Crippen LogP contribution < -0.4 is 15.0 Å². The van der Waals surface area contributed by atoms with Crippen LogP contribution in [-0.2, 0) is 13.1 Å².